The lowest BCUT2D eigenvalue weighted by Gasteiger charge is -2.05. The van der Waals surface area contributed by atoms with Crippen molar-refractivity contribution >= 4 is 34.0 Å². The van der Waals surface area contributed by atoms with Gasteiger partial charge in [-0.3, -0.25) is 0 Å². The molecule has 0 amide bonds. The van der Waals surface area contributed by atoms with Crippen molar-refractivity contribution in [3.05, 3.63) is 42.5 Å². The molecule has 3 aromatic rings. The van der Waals surface area contributed by atoms with Crippen LogP contribution in [0.15, 0.2) is 36.9 Å². The number of aromatic nitrogens is 3. The van der Waals surface area contributed by atoms with E-state index in [4.69, 9.17) is 10.5 Å². The smallest absolute Gasteiger partial charge is 0.344 e. The average Bonchev–Trinajstić information content (AvgIpc) is 2.88. The zero-order valence-corrected chi connectivity index (χ0v) is 14.4. The zero-order chi connectivity index (χ0) is 17.8. The van der Waals surface area contributed by atoms with Gasteiger partial charge in [0.15, 0.2) is 5.65 Å². The minimum Gasteiger partial charge on any atom is -0.462 e. The molecule has 6 heteroatoms. The quantitative estimate of drug-likeness (QED) is 0.403. The molecule has 0 fully saturated rings. The van der Waals surface area contributed by atoms with Crippen molar-refractivity contribution in [2.75, 3.05) is 12.3 Å². The Balaban J connectivity index is 2.09. The molecule has 25 heavy (non-hydrogen) atoms. The van der Waals surface area contributed by atoms with Crippen LogP contribution in [0.4, 0.5) is 5.82 Å². The minimum atomic E-state index is -0.453. The first-order valence-corrected chi connectivity index (χ1v) is 8.49. The van der Waals surface area contributed by atoms with Crippen LogP contribution in [0, 0.1) is 0 Å². The van der Waals surface area contributed by atoms with Gasteiger partial charge < -0.3 is 15.0 Å². The standard InChI is InChI=1S/C19H22N4O2/c1-3-5-8-12-25-19(24)15-16-18(23(11-4-2)17(15)20)22-14-10-7-6-9-13(14)21-16/h4,6-7,9-10H,2-3,5,8,11-12,20H2,1H3. The van der Waals surface area contributed by atoms with Crippen LogP contribution in [0.2, 0.25) is 0 Å². The molecular weight excluding hydrogens is 316 g/mol. The summed E-state index contributed by atoms with van der Waals surface area (Å²) in [5, 5.41) is 0. The number of benzene rings is 1. The fourth-order valence-corrected chi connectivity index (χ4v) is 2.82. The van der Waals surface area contributed by atoms with Crippen LogP contribution in [0.25, 0.3) is 22.2 Å². The van der Waals surface area contributed by atoms with E-state index in [9.17, 15) is 4.79 Å². The number of ether oxygens (including phenoxy) is 1. The van der Waals surface area contributed by atoms with Crippen molar-refractivity contribution in [3.63, 3.8) is 0 Å². The van der Waals surface area contributed by atoms with Crippen molar-refractivity contribution in [1.82, 2.24) is 14.5 Å². The highest BCUT2D eigenvalue weighted by molar-refractivity contribution is 6.08. The number of para-hydroxylation sites is 2. The predicted molar refractivity (Wildman–Crippen MR) is 99.5 cm³/mol. The monoisotopic (exact) mass is 338 g/mol. The summed E-state index contributed by atoms with van der Waals surface area (Å²) in [7, 11) is 0. The molecule has 1 aromatic carbocycles. The number of anilines is 1. The minimum absolute atomic E-state index is 0.284. The summed E-state index contributed by atoms with van der Waals surface area (Å²) in [5.74, 6) is -0.142. The van der Waals surface area contributed by atoms with Crippen molar-refractivity contribution in [3.8, 4) is 0 Å². The number of carbonyl (C=O) groups is 1. The third-order valence-corrected chi connectivity index (χ3v) is 4.09. The van der Waals surface area contributed by atoms with Crippen molar-refractivity contribution in [1.29, 1.82) is 0 Å². The number of carbonyl (C=O) groups excluding carboxylic acids is 1. The van der Waals surface area contributed by atoms with E-state index in [-0.39, 0.29) is 5.56 Å². The number of nitrogen functional groups attached to an aromatic ring is 1. The van der Waals surface area contributed by atoms with Gasteiger partial charge in [-0.15, -0.1) is 6.58 Å². The van der Waals surface area contributed by atoms with Crippen LogP contribution in [-0.4, -0.2) is 27.1 Å². The summed E-state index contributed by atoms with van der Waals surface area (Å²) in [6.07, 6.45) is 4.63. The number of allylic oxidation sites excluding steroid dienone is 1. The molecule has 6 nitrogen and oxygen atoms in total. The van der Waals surface area contributed by atoms with Gasteiger partial charge in [0.1, 0.15) is 16.9 Å². The maximum Gasteiger partial charge on any atom is 0.344 e. The maximum atomic E-state index is 12.6. The predicted octanol–water partition coefficient (Wildman–Crippen LogP) is 3.70. The number of rotatable bonds is 7. The number of unbranched alkanes of at least 4 members (excludes halogenated alkanes) is 2. The molecule has 3 rings (SSSR count). The highest BCUT2D eigenvalue weighted by Gasteiger charge is 2.24. The average molecular weight is 338 g/mol. The fraction of sp³-hybridized carbons (Fsp3) is 0.316. The van der Waals surface area contributed by atoms with E-state index in [1.807, 2.05) is 24.3 Å². The van der Waals surface area contributed by atoms with Crippen molar-refractivity contribution < 1.29 is 9.53 Å². The molecule has 0 aliphatic heterocycles. The Hall–Kier alpha value is -2.89. The third kappa shape index (κ3) is 3.20. The lowest BCUT2D eigenvalue weighted by atomic mass is 10.2. The van der Waals surface area contributed by atoms with Gasteiger partial charge in [-0.05, 0) is 18.6 Å². The first-order valence-electron chi connectivity index (χ1n) is 8.49. The molecule has 130 valence electrons. The van der Waals surface area contributed by atoms with E-state index in [1.165, 1.54) is 0 Å². The topological polar surface area (TPSA) is 83.0 Å². The largest absolute Gasteiger partial charge is 0.462 e. The number of hydrogen-bond acceptors (Lipinski definition) is 5. The van der Waals surface area contributed by atoms with Crippen molar-refractivity contribution in [2.24, 2.45) is 0 Å². The van der Waals surface area contributed by atoms with E-state index in [0.717, 1.165) is 24.8 Å². The normalized spacial score (nSPS) is 11.1. The molecule has 2 heterocycles. The van der Waals surface area contributed by atoms with Crippen LogP contribution >= 0.6 is 0 Å². The molecule has 0 aliphatic carbocycles. The molecular formula is C19H22N4O2. The summed E-state index contributed by atoms with van der Waals surface area (Å²) in [6, 6.07) is 7.52. The van der Waals surface area contributed by atoms with Gasteiger partial charge in [0.05, 0.1) is 17.6 Å². The highest BCUT2D eigenvalue weighted by Crippen LogP contribution is 2.28. The molecule has 2 N–H and O–H groups in total. The first-order chi connectivity index (χ1) is 12.2. The van der Waals surface area contributed by atoms with Gasteiger partial charge in [-0.2, -0.15) is 0 Å². The second-order valence-corrected chi connectivity index (χ2v) is 5.89. The van der Waals surface area contributed by atoms with E-state index >= 15 is 0 Å². The summed E-state index contributed by atoms with van der Waals surface area (Å²) in [5.41, 5.74) is 9.02. The van der Waals surface area contributed by atoms with Gasteiger partial charge in [0, 0.05) is 6.54 Å². The van der Waals surface area contributed by atoms with E-state index < -0.39 is 5.97 Å². The van der Waals surface area contributed by atoms with Gasteiger partial charge in [0.25, 0.3) is 0 Å². The molecule has 0 saturated carbocycles. The molecule has 0 unspecified atom stereocenters. The van der Waals surface area contributed by atoms with Crippen molar-refractivity contribution in [2.45, 2.75) is 32.7 Å². The van der Waals surface area contributed by atoms with Gasteiger partial charge in [-0.25, -0.2) is 14.8 Å². The van der Waals surface area contributed by atoms with E-state index in [1.54, 1.807) is 10.6 Å². The fourth-order valence-electron chi connectivity index (χ4n) is 2.82. The molecule has 0 bridgehead atoms. The summed E-state index contributed by atoms with van der Waals surface area (Å²) >= 11 is 0. The Kier molecular flexibility index (Phi) is 4.97. The number of nitrogens with zero attached hydrogens (tertiary/aromatic N) is 3. The van der Waals surface area contributed by atoms with Crippen LogP contribution in [0.1, 0.15) is 36.5 Å². The Morgan fingerprint density at radius 1 is 1.28 bits per heavy atom. The van der Waals surface area contributed by atoms with Gasteiger partial charge in [-0.1, -0.05) is 38.0 Å². The second kappa shape index (κ2) is 7.34. The van der Waals surface area contributed by atoms with Crippen LogP contribution in [-0.2, 0) is 11.3 Å². The first kappa shape index (κ1) is 17.0. The van der Waals surface area contributed by atoms with Gasteiger partial charge in [0.2, 0.25) is 0 Å². The molecule has 0 spiro atoms. The third-order valence-electron chi connectivity index (χ3n) is 4.09. The molecule has 0 aliphatic rings. The number of nitrogens with two attached hydrogens (primary N) is 1. The van der Waals surface area contributed by atoms with Crippen LogP contribution < -0.4 is 5.73 Å². The summed E-state index contributed by atoms with van der Waals surface area (Å²) in [6.45, 7) is 6.67. The molecule has 2 aromatic heterocycles. The van der Waals surface area contributed by atoms with E-state index in [2.05, 4.69) is 23.5 Å². The number of fused-ring (bicyclic) bond motifs is 2. The Morgan fingerprint density at radius 3 is 2.68 bits per heavy atom. The van der Waals surface area contributed by atoms with Crippen LogP contribution in [0.5, 0.6) is 0 Å². The molecule has 0 atom stereocenters. The SMILES string of the molecule is C=CCn1c(N)c(C(=O)OCCCCC)c2nc3ccccc3nc21. The van der Waals surface area contributed by atoms with Crippen LogP contribution in [0.3, 0.4) is 0 Å². The molecule has 0 saturated heterocycles. The van der Waals surface area contributed by atoms with E-state index in [0.29, 0.717) is 35.7 Å². The van der Waals surface area contributed by atoms with Gasteiger partial charge >= 0.3 is 5.97 Å². The number of esters is 1. The summed E-state index contributed by atoms with van der Waals surface area (Å²) in [4.78, 5) is 21.8. The lowest BCUT2D eigenvalue weighted by Crippen LogP contribution is -2.10. The highest BCUT2D eigenvalue weighted by atomic mass is 16.5. The number of hydrogen-bond donors (Lipinski definition) is 1. The Bertz CT molecular complexity index is 930. The molecule has 0 radical (unpaired) electrons. The Morgan fingerprint density at radius 2 is 2.00 bits per heavy atom. The Labute approximate surface area is 146 Å². The summed E-state index contributed by atoms with van der Waals surface area (Å²) < 4.78 is 7.14. The second-order valence-electron chi connectivity index (χ2n) is 5.89. The zero-order valence-electron chi connectivity index (χ0n) is 14.4. The lowest BCUT2D eigenvalue weighted by molar-refractivity contribution is 0.0501. The maximum absolute atomic E-state index is 12.6.